The molecule has 29 heavy (non-hydrogen) atoms. The minimum absolute atomic E-state index is 0.182. The lowest BCUT2D eigenvalue weighted by Gasteiger charge is -2.11. The average molecular weight is 399 g/mol. The number of amides is 2. The molecular formula is C22H29N3O4. The lowest BCUT2D eigenvalue weighted by molar-refractivity contribution is 0.0950. The maximum absolute atomic E-state index is 12.5. The molecule has 0 saturated carbocycles. The minimum Gasteiger partial charge on any atom is -0.493 e. The Balaban J connectivity index is 1.94. The van der Waals surface area contributed by atoms with Crippen LogP contribution >= 0.6 is 0 Å². The molecule has 0 radical (unpaired) electrons. The van der Waals surface area contributed by atoms with E-state index in [0.717, 1.165) is 18.5 Å². The summed E-state index contributed by atoms with van der Waals surface area (Å²) in [4.78, 5) is 26.9. The molecule has 2 aromatic carbocycles. The Bertz CT molecular complexity index is 837. The van der Waals surface area contributed by atoms with Crippen molar-refractivity contribution in [2.24, 2.45) is 0 Å². The van der Waals surface area contributed by atoms with Gasteiger partial charge in [0.25, 0.3) is 11.8 Å². The van der Waals surface area contributed by atoms with Crippen LogP contribution < -0.4 is 20.1 Å². The van der Waals surface area contributed by atoms with E-state index in [-0.39, 0.29) is 11.8 Å². The quantitative estimate of drug-likeness (QED) is 0.600. The average Bonchev–Trinajstić information content (AvgIpc) is 2.74. The van der Waals surface area contributed by atoms with Gasteiger partial charge in [0.15, 0.2) is 11.5 Å². The van der Waals surface area contributed by atoms with E-state index in [1.165, 1.54) is 0 Å². The third-order valence-electron chi connectivity index (χ3n) is 4.36. The van der Waals surface area contributed by atoms with Crippen LogP contribution in [-0.4, -0.2) is 58.1 Å². The molecule has 2 rings (SSSR count). The van der Waals surface area contributed by atoms with Gasteiger partial charge in [-0.05, 0) is 63.0 Å². The van der Waals surface area contributed by atoms with Gasteiger partial charge in [0.2, 0.25) is 0 Å². The van der Waals surface area contributed by atoms with Crippen molar-refractivity contribution in [2.45, 2.75) is 13.0 Å². The fourth-order valence-corrected chi connectivity index (χ4v) is 2.78. The molecule has 0 bridgehead atoms. The normalized spacial score (nSPS) is 10.5. The van der Waals surface area contributed by atoms with E-state index in [9.17, 15) is 9.59 Å². The summed E-state index contributed by atoms with van der Waals surface area (Å²) in [7, 11) is 7.12. The second kappa shape index (κ2) is 11.1. The molecule has 156 valence electrons. The molecule has 0 heterocycles. The Morgan fingerprint density at radius 1 is 0.897 bits per heavy atom. The molecule has 0 aliphatic carbocycles. The van der Waals surface area contributed by atoms with Crippen molar-refractivity contribution in [3.05, 3.63) is 59.2 Å². The lowest BCUT2D eigenvalue weighted by atomic mass is 10.1. The maximum Gasteiger partial charge on any atom is 0.251 e. The van der Waals surface area contributed by atoms with Crippen LogP contribution in [0.5, 0.6) is 11.5 Å². The molecule has 0 aliphatic heterocycles. The first-order chi connectivity index (χ1) is 13.9. The first kappa shape index (κ1) is 22.2. The zero-order valence-corrected chi connectivity index (χ0v) is 17.5. The summed E-state index contributed by atoms with van der Waals surface area (Å²) in [5, 5.41) is 5.74. The fourth-order valence-electron chi connectivity index (χ4n) is 2.78. The van der Waals surface area contributed by atoms with Crippen LogP contribution in [0.2, 0.25) is 0 Å². The van der Waals surface area contributed by atoms with Crippen LogP contribution in [0, 0.1) is 0 Å². The zero-order valence-electron chi connectivity index (χ0n) is 17.5. The van der Waals surface area contributed by atoms with Crippen LogP contribution in [0.3, 0.4) is 0 Å². The number of carbonyl (C=O) groups is 2. The molecule has 0 aliphatic rings. The highest BCUT2D eigenvalue weighted by Crippen LogP contribution is 2.27. The smallest absolute Gasteiger partial charge is 0.251 e. The molecule has 2 aromatic rings. The first-order valence-electron chi connectivity index (χ1n) is 9.46. The SMILES string of the molecule is COc1ccc(CNC(=O)c2cccc(C(=O)NCCCN(C)C)c2)cc1OC. The van der Waals surface area contributed by atoms with Crippen LogP contribution in [0.25, 0.3) is 0 Å². The minimum atomic E-state index is -0.248. The number of ether oxygens (including phenoxy) is 2. The van der Waals surface area contributed by atoms with Crippen LogP contribution in [0.1, 0.15) is 32.7 Å². The van der Waals surface area contributed by atoms with Gasteiger partial charge in [-0.1, -0.05) is 12.1 Å². The molecule has 0 fully saturated rings. The summed E-state index contributed by atoms with van der Waals surface area (Å²) in [6.07, 6.45) is 0.865. The first-order valence-corrected chi connectivity index (χ1v) is 9.46. The van der Waals surface area contributed by atoms with Crippen LogP contribution in [0.4, 0.5) is 0 Å². The van der Waals surface area contributed by atoms with E-state index < -0.39 is 0 Å². The molecular weight excluding hydrogens is 370 g/mol. The van der Waals surface area contributed by atoms with E-state index in [1.807, 2.05) is 26.2 Å². The van der Waals surface area contributed by atoms with E-state index in [1.54, 1.807) is 44.6 Å². The predicted octanol–water partition coefficient (Wildman–Crippen LogP) is 2.32. The van der Waals surface area contributed by atoms with E-state index in [2.05, 4.69) is 15.5 Å². The third-order valence-corrected chi connectivity index (χ3v) is 4.36. The largest absolute Gasteiger partial charge is 0.493 e. The molecule has 0 spiro atoms. The van der Waals surface area contributed by atoms with Crippen molar-refractivity contribution in [2.75, 3.05) is 41.4 Å². The zero-order chi connectivity index (χ0) is 21.2. The summed E-state index contributed by atoms with van der Waals surface area (Å²) in [5.74, 6) is 0.805. The summed E-state index contributed by atoms with van der Waals surface area (Å²) < 4.78 is 10.5. The standard InChI is InChI=1S/C22H29N3O4/c1-25(2)12-6-11-23-21(26)17-7-5-8-18(14-17)22(27)24-15-16-9-10-19(28-3)20(13-16)29-4/h5,7-10,13-14H,6,11-12,15H2,1-4H3,(H,23,26)(H,24,27). The van der Waals surface area contributed by atoms with E-state index in [0.29, 0.717) is 35.7 Å². The lowest BCUT2D eigenvalue weighted by Crippen LogP contribution is -2.28. The molecule has 0 atom stereocenters. The van der Waals surface area contributed by atoms with Crippen LogP contribution in [-0.2, 0) is 6.54 Å². The number of benzene rings is 2. The Labute approximate surface area is 172 Å². The van der Waals surface area contributed by atoms with Gasteiger partial charge >= 0.3 is 0 Å². The molecule has 7 nitrogen and oxygen atoms in total. The Hall–Kier alpha value is -3.06. The van der Waals surface area contributed by atoms with Gasteiger partial charge < -0.3 is 25.0 Å². The number of hydrogen-bond acceptors (Lipinski definition) is 5. The van der Waals surface area contributed by atoms with Crippen molar-refractivity contribution >= 4 is 11.8 Å². The van der Waals surface area contributed by atoms with E-state index >= 15 is 0 Å². The molecule has 2 amide bonds. The van der Waals surface area contributed by atoms with Gasteiger partial charge in [0, 0.05) is 24.2 Å². The van der Waals surface area contributed by atoms with Gasteiger partial charge in [-0.15, -0.1) is 0 Å². The fraction of sp³-hybridized carbons (Fsp3) is 0.364. The van der Waals surface area contributed by atoms with Gasteiger partial charge in [0.05, 0.1) is 14.2 Å². The molecule has 7 heteroatoms. The number of rotatable bonds is 10. The van der Waals surface area contributed by atoms with Gasteiger partial charge in [-0.25, -0.2) is 0 Å². The second-order valence-corrected chi connectivity index (χ2v) is 6.87. The highest BCUT2D eigenvalue weighted by Gasteiger charge is 2.11. The number of methoxy groups -OCH3 is 2. The van der Waals surface area contributed by atoms with E-state index in [4.69, 9.17) is 9.47 Å². The predicted molar refractivity (Wildman–Crippen MR) is 113 cm³/mol. The van der Waals surface area contributed by atoms with Crippen molar-refractivity contribution in [3.8, 4) is 11.5 Å². The summed E-state index contributed by atoms with van der Waals surface area (Å²) in [5.41, 5.74) is 1.78. The van der Waals surface area contributed by atoms with Crippen molar-refractivity contribution < 1.29 is 19.1 Å². The summed E-state index contributed by atoms with van der Waals surface area (Å²) in [6, 6.07) is 12.2. The monoisotopic (exact) mass is 399 g/mol. The molecule has 0 saturated heterocycles. The molecule has 2 N–H and O–H groups in total. The number of carbonyl (C=O) groups excluding carboxylic acids is 2. The topological polar surface area (TPSA) is 79.9 Å². The molecule has 0 aromatic heterocycles. The highest BCUT2D eigenvalue weighted by atomic mass is 16.5. The van der Waals surface area contributed by atoms with Crippen LogP contribution in [0.15, 0.2) is 42.5 Å². The van der Waals surface area contributed by atoms with Crippen molar-refractivity contribution in [1.29, 1.82) is 0 Å². The maximum atomic E-state index is 12.5. The van der Waals surface area contributed by atoms with Crippen molar-refractivity contribution in [1.82, 2.24) is 15.5 Å². The number of hydrogen-bond donors (Lipinski definition) is 2. The van der Waals surface area contributed by atoms with Gasteiger partial charge in [0.1, 0.15) is 0 Å². The Morgan fingerprint density at radius 2 is 1.55 bits per heavy atom. The summed E-state index contributed by atoms with van der Waals surface area (Å²) >= 11 is 0. The second-order valence-electron chi connectivity index (χ2n) is 6.87. The summed E-state index contributed by atoms with van der Waals surface area (Å²) in [6.45, 7) is 1.83. The Morgan fingerprint density at radius 3 is 2.17 bits per heavy atom. The third kappa shape index (κ3) is 6.80. The number of nitrogens with one attached hydrogen (secondary N) is 2. The highest BCUT2D eigenvalue weighted by molar-refractivity contribution is 5.99. The Kier molecular flexibility index (Phi) is 8.48. The number of nitrogens with zero attached hydrogens (tertiary/aromatic N) is 1. The molecule has 0 unspecified atom stereocenters. The van der Waals surface area contributed by atoms with Gasteiger partial charge in [-0.3, -0.25) is 9.59 Å². The van der Waals surface area contributed by atoms with Gasteiger partial charge in [-0.2, -0.15) is 0 Å². The van der Waals surface area contributed by atoms with Crippen molar-refractivity contribution in [3.63, 3.8) is 0 Å².